The summed E-state index contributed by atoms with van der Waals surface area (Å²) in [6.45, 7) is 7.16. The van der Waals surface area contributed by atoms with Crippen molar-refractivity contribution in [2.24, 2.45) is 11.1 Å². The van der Waals surface area contributed by atoms with Gasteiger partial charge in [0.2, 0.25) is 0 Å². The first-order valence-electron chi connectivity index (χ1n) is 12.8. The number of aromatic nitrogens is 2. The van der Waals surface area contributed by atoms with E-state index in [2.05, 4.69) is 43.7 Å². The predicted molar refractivity (Wildman–Crippen MR) is 147 cm³/mol. The molecule has 0 unspecified atom stereocenters. The van der Waals surface area contributed by atoms with Crippen LogP contribution in [0.3, 0.4) is 0 Å². The molecular weight excluding hydrogens is 466 g/mol. The molecule has 2 atom stereocenters. The number of carbonyl (C=O) groups excluding carboxylic acids is 1. The maximum absolute atomic E-state index is 13.7. The van der Waals surface area contributed by atoms with E-state index in [1.165, 1.54) is 4.90 Å². The van der Waals surface area contributed by atoms with Gasteiger partial charge in [0.05, 0.1) is 24.9 Å². The van der Waals surface area contributed by atoms with E-state index >= 15 is 0 Å². The number of imidazole rings is 1. The van der Waals surface area contributed by atoms with Crippen LogP contribution < -0.4 is 5.73 Å². The second kappa shape index (κ2) is 12.9. The van der Waals surface area contributed by atoms with E-state index in [9.17, 15) is 15.0 Å². The molecule has 0 aliphatic carbocycles. The summed E-state index contributed by atoms with van der Waals surface area (Å²) in [6.07, 6.45) is 2.49. The van der Waals surface area contributed by atoms with Gasteiger partial charge in [-0.25, -0.2) is 9.78 Å². The monoisotopic (exact) mass is 507 g/mol. The van der Waals surface area contributed by atoms with Gasteiger partial charge in [-0.2, -0.15) is 0 Å². The molecule has 8 nitrogen and oxygen atoms in total. The normalized spacial score (nSPS) is 13.3. The van der Waals surface area contributed by atoms with Crippen LogP contribution in [0, 0.1) is 5.41 Å². The Morgan fingerprint density at radius 1 is 1.03 bits per heavy atom. The van der Waals surface area contributed by atoms with E-state index in [1.54, 1.807) is 11.9 Å². The lowest BCUT2D eigenvalue weighted by Gasteiger charge is -2.41. The maximum Gasteiger partial charge on any atom is 0.320 e. The van der Waals surface area contributed by atoms with Gasteiger partial charge in [0, 0.05) is 44.5 Å². The highest BCUT2D eigenvalue weighted by molar-refractivity contribution is 5.75. The molecule has 8 heteroatoms. The Balaban J connectivity index is 2.15. The smallest absolute Gasteiger partial charge is 0.320 e. The minimum atomic E-state index is -0.442. The predicted octanol–water partition coefficient (Wildman–Crippen LogP) is 3.74. The molecule has 0 radical (unpaired) electrons. The molecule has 0 spiro atoms. The molecule has 0 aliphatic heterocycles. The van der Waals surface area contributed by atoms with Gasteiger partial charge in [0.1, 0.15) is 5.82 Å². The number of carbonyl (C=O) groups is 1. The van der Waals surface area contributed by atoms with Gasteiger partial charge in [-0.05, 0) is 17.4 Å². The van der Waals surface area contributed by atoms with Crippen molar-refractivity contribution >= 4 is 6.03 Å². The highest BCUT2D eigenvalue weighted by Gasteiger charge is 2.39. The molecule has 2 aromatic carbocycles. The average molecular weight is 508 g/mol. The molecule has 0 aliphatic rings. The minimum absolute atomic E-state index is 0.132. The topological polar surface area (TPSA) is 108 Å². The molecule has 3 aromatic rings. The fraction of sp³-hybridized carbons (Fsp3) is 0.448. The molecule has 3 rings (SSSR count). The van der Waals surface area contributed by atoms with E-state index in [0.29, 0.717) is 19.5 Å². The van der Waals surface area contributed by atoms with Crippen LogP contribution in [-0.4, -0.2) is 75.0 Å². The number of aliphatic hydroxyl groups is 2. The summed E-state index contributed by atoms with van der Waals surface area (Å²) >= 11 is 0. The van der Waals surface area contributed by atoms with Crippen molar-refractivity contribution in [2.45, 2.75) is 45.8 Å². The van der Waals surface area contributed by atoms with Gasteiger partial charge in [0.25, 0.3) is 0 Å². The van der Waals surface area contributed by atoms with Crippen molar-refractivity contribution in [3.05, 3.63) is 78.2 Å². The van der Waals surface area contributed by atoms with Gasteiger partial charge in [-0.3, -0.25) is 0 Å². The van der Waals surface area contributed by atoms with Crippen molar-refractivity contribution in [3.63, 3.8) is 0 Å². The van der Waals surface area contributed by atoms with E-state index in [1.807, 2.05) is 48.5 Å². The lowest BCUT2D eigenvalue weighted by Crippen LogP contribution is -2.49. The molecule has 1 heterocycles. The number of hydrogen-bond acceptors (Lipinski definition) is 5. The van der Waals surface area contributed by atoms with Crippen molar-refractivity contribution in [1.82, 2.24) is 19.4 Å². The van der Waals surface area contributed by atoms with Crippen LogP contribution in [0.5, 0.6) is 0 Å². The van der Waals surface area contributed by atoms with Crippen molar-refractivity contribution in [2.75, 3.05) is 33.4 Å². The number of nitrogens with zero attached hydrogens (tertiary/aromatic N) is 4. The van der Waals surface area contributed by atoms with Crippen molar-refractivity contribution in [3.8, 4) is 11.3 Å². The van der Waals surface area contributed by atoms with E-state index < -0.39 is 12.1 Å². The number of benzene rings is 2. The number of hydrogen-bond donors (Lipinski definition) is 3. The third-order valence-corrected chi connectivity index (χ3v) is 6.43. The Labute approximate surface area is 220 Å². The second-order valence-corrected chi connectivity index (χ2v) is 10.6. The number of amides is 2. The van der Waals surface area contributed by atoms with E-state index in [-0.39, 0.29) is 31.2 Å². The fourth-order valence-corrected chi connectivity index (χ4v) is 4.49. The van der Waals surface area contributed by atoms with E-state index in [0.717, 1.165) is 22.6 Å². The number of nitrogens with two attached hydrogens (primary N) is 1. The number of likely N-dealkylation sites (N-methyl/N-ethyl adjacent to an activating group) is 1. The lowest BCUT2D eigenvalue weighted by atomic mass is 9.84. The SMILES string of the molecule is CN(CCO)C(=O)N(CC[C@H](N)CO)[C@@H](c1nc(-c2ccccc2)cn1Cc1ccccc1)C(C)(C)C. The van der Waals surface area contributed by atoms with Crippen LogP contribution in [0.1, 0.15) is 44.6 Å². The van der Waals surface area contributed by atoms with Gasteiger partial charge in [-0.15, -0.1) is 0 Å². The third kappa shape index (κ3) is 7.41. The summed E-state index contributed by atoms with van der Waals surface area (Å²) in [5.41, 5.74) is 8.64. The second-order valence-electron chi connectivity index (χ2n) is 10.6. The third-order valence-electron chi connectivity index (χ3n) is 6.43. The Kier molecular flexibility index (Phi) is 9.86. The quantitative estimate of drug-likeness (QED) is 0.366. The molecule has 200 valence electrons. The molecule has 0 fully saturated rings. The summed E-state index contributed by atoms with van der Waals surface area (Å²) in [5.74, 6) is 0.776. The number of urea groups is 1. The molecular formula is C29H41N5O3. The Morgan fingerprint density at radius 3 is 2.22 bits per heavy atom. The summed E-state index contributed by atoms with van der Waals surface area (Å²) in [5, 5.41) is 19.0. The zero-order chi connectivity index (χ0) is 27.0. The molecule has 0 saturated heterocycles. The molecule has 0 bridgehead atoms. The molecule has 2 amide bonds. The zero-order valence-corrected chi connectivity index (χ0v) is 22.4. The summed E-state index contributed by atoms with van der Waals surface area (Å²) in [6, 6.07) is 19.1. The van der Waals surface area contributed by atoms with Crippen LogP contribution in [-0.2, 0) is 6.54 Å². The lowest BCUT2D eigenvalue weighted by molar-refractivity contribution is 0.0812. The number of aliphatic hydroxyl groups excluding tert-OH is 2. The minimum Gasteiger partial charge on any atom is -0.395 e. The first-order valence-corrected chi connectivity index (χ1v) is 12.8. The van der Waals surface area contributed by atoms with Crippen LogP contribution in [0.2, 0.25) is 0 Å². The van der Waals surface area contributed by atoms with Gasteiger partial charge < -0.3 is 30.3 Å². The number of rotatable bonds is 11. The summed E-state index contributed by atoms with van der Waals surface area (Å²) in [7, 11) is 1.68. The van der Waals surface area contributed by atoms with Crippen LogP contribution in [0.15, 0.2) is 66.9 Å². The first-order chi connectivity index (χ1) is 17.7. The largest absolute Gasteiger partial charge is 0.395 e. The summed E-state index contributed by atoms with van der Waals surface area (Å²) < 4.78 is 2.13. The fourth-order valence-electron chi connectivity index (χ4n) is 4.49. The molecule has 0 saturated carbocycles. The average Bonchev–Trinajstić information content (AvgIpc) is 3.29. The first kappa shape index (κ1) is 28.4. The summed E-state index contributed by atoms with van der Waals surface area (Å²) in [4.78, 5) is 22.2. The van der Waals surface area contributed by atoms with Crippen molar-refractivity contribution in [1.29, 1.82) is 0 Å². The highest BCUT2D eigenvalue weighted by atomic mass is 16.3. The zero-order valence-electron chi connectivity index (χ0n) is 22.4. The van der Waals surface area contributed by atoms with Crippen molar-refractivity contribution < 1.29 is 15.0 Å². The van der Waals surface area contributed by atoms with Crippen LogP contribution >= 0.6 is 0 Å². The van der Waals surface area contributed by atoms with E-state index in [4.69, 9.17) is 10.7 Å². The molecule has 1 aromatic heterocycles. The molecule has 37 heavy (non-hydrogen) atoms. The standard InChI is InChI=1S/C29H41N5O3/c1-29(2,3)26(34(16-15-24(30)21-36)28(37)32(4)17-18-35)27-31-25(23-13-9-6-10-14-23)20-33(27)19-22-11-7-5-8-12-22/h5-14,20,24,26,35-36H,15-19,21,30H2,1-4H3/t24-,26-/m0/s1. The Morgan fingerprint density at radius 2 is 1.65 bits per heavy atom. The maximum atomic E-state index is 13.7. The molecule has 4 N–H and O–H groups in total. The van der Waals surface area contributed by atoms with Crippen LogP contribution in [0.4, 0.5) is 4.79 Å². The van der Waals surface area contributed by atoms with Gasteiger partial charge in [-0.1, -0.05) is 81.4 Å². The Bertz CT molecular complexity index is 1110. The van der Waals surface area contributed by atoms with Crippen LogP contribution in [0.25, 0.3) is 11.3 Å². The van der Waals surface area contributed by atoms with Gasteiger partial charge >= 0.3 is 6.03 Å². The van der Waals surface area contributed by atoms with Gasteiger partial charge in [0.15, 0.2) is 0 Å². The Hall–Kier alpha value is -3.20. The highest BCUT2D eigenvalue weighted by Crippen LogP contribution is 2.39.